The van der Waals surface area contributed by atoms with Gasteiger partial charge in [-0.1, -0.05) is 32.9 Å². The number of allylic oxidation sites excluding steroid dienone is 1. The lowest BCUT2D eigenvalue weighted by Gasteiger charge is -2.46. The third-order valence-electron chi connectivity index (χ3n) is 9.86. The molecular weight excluding hydrogens is 526 g/mol. The van der Waals surface area contributed by atoms with E-state index in [0.29, 0.717) is 47.3 Å². The highest BCUT2D eigenvalue weighted by Crippen LogP contribution is 2.49. The van der Waals surface area contributed by atoms with Crippen LogP contribution < -0.4 is 10.9 Å². The monoisotopic (exact) mass is 565 g/mol. The molecule has 2 unspecified atom stereocenters. The highest BCUT2D eigenvalue weighted by atomic mass is 16.3. The zero-order valence-electron chi connectivity index (χ0n) is 24.9. The van der Waals surface area contributed by atoms with Gasteiger partial charge in [0.05, 0.1) is 12.2 Å². The van der Waals surface area contributed by atoms with E-state index in [0.717, 1.165) is 43.6 Å². The number of nitrogens with one attached hydrogen (secondary N) is 1. The molecule has 42 heavy (non-hydrogen) atoms. The van der Waals surface area contributed by atoms with Crippen molar-refractivity contribution >= 4 is 22.7 Å². The predicted octanol–water partition coefficient (Wildman–Crippen LogP) is 4.95. The Hall–Kier alpha value is -3.82. The molecule has 2 N–H and O–H groups in total. The van der Waals surface area contributed by atoms with E-state index in [1.807, 2.05) is 19.1 Å². The molecule has 0 saturated carbocycles. The van der Waals surface area contributed by atoms with Gasteiger partial charge in [-0.05, 0) is 85.0 Å². The van der Waals surface area contributed by atoms with Crippen molar-refractivity contribution in [1.82, 2.24) is 29.2 Å². The van der Waals surface area contributed by atoms with Gasteiger partial charge in [0.1, 0.15) is 11.0 Å². The number of pyridine rings is 1. The number of fused-ring (bicyclic) bond motifs is 2. The summed E-state index contributed by atoms with van der Waals surface area (Å²) in [7, 11) is 2.20. The molecule has 3 aromatic heterocycles. The van der Waals surface area contributed by atoms with Gasteiger partial charge in [0.2, 0.25) is 5.95 Å². The molecule has 0 radical (unpaired) electrons. The normalized spacial score (nSPS) is 22.6. The Morgan fingerprint density at radius 2 is 1.93 bits per heavy atom. The summed E-state index contributed by atoms with van der Waals surface area (Å²) < 4.78 is 3.31. The fourth-order valence-electron chi connectivity index (χ4n) is 7.41. The third kappa shape index (κ3) is 4.13. The first-order chi connectivity index (χ1) is 20.1. The topological polar surface area (TPSA) is 101 Å². The Labute approximate surface area is 245 Å². The SMILES string of the molecule is C=CCn1c(=O)c2cnc(Nc3cc4c5c(c3)CN(C)CC5C(C)(C)CC4)nc2n1-c1ccc2c(n1)C(O)(CC)CC2. The zero-order valence-corrected chi connectivity index (χ0v) is 24.9. The van der Waals surface area contributed by atoms with Gasteiger partial charge in [-0.2, -0.15) is 4.98 Å². The summed E-state index contributed by atoms with van der Waals surface area (Å²) in [4.78, 5) is 30.2. The fourth-order valence-corrected chi connectivity index (χ4v) is 7.41. The summed E-state index contributed by atoms with van der Waals surface area (Å²) in [6.45, 7) is 12.9. The molecule has 0 spiro atoms. The van der Waals surface area contributed by atoms with Gasteiger partial charge in [0, 0.05) is 30.9 Å². The number of rotatable bonds is 6. The van der Waals surface area contributed by atoms with Crippen LogP contribution in [0.4, 0.5) is 11.6 Å². The van der Waals surface area contributed by atoms with Gasteiger partial charge in [-0.15, -0.1) is 6.58 Å². The first kappa shape index (κ1) is 27.0. The quantitative estimate of drug-likeness (QED) is 0.319. The van der Waals surface area contributed by atoms with E-state index in [-0.39, 0.29) is 17.5 Å². The van der Waals surface area contributed by atoms with Crippen LogP contribution in [0.25, 0.3) is 16.9 Å². The van der Waals surface area contributed by atoms with Crippen LogP contribution in [0.2, 0.25) is 0 Å². The molecule has 2 atom stereocenters. The second kappa shape index (κ2) is 9.61. The maximum absolute atomic E-state index is 13.5. The molecule has 1 aromatic carbocycles. The number of aromatic nitrogens is 5. The molecular formula is C33H39N7O2. The van der Waals surface area contributed by atoms with Gasteiger partial charge in [0.25, 0.3) is 5.56 Å². The zero-order chi connectivity index (χ0) is 29.4. The average molecular weight is 566 g/mol. The van der Waals surface area contributed by atoms with Crippen LogP contribution in [0, 0.1) is 5.41 Å². The number of anilines is 2. The number of hydrogen-bond donors (Lipinski definition) is 2. The summed E-state index contributed by atoms with van der Waals surface area (Å²) in [6.07, 6.45) is 7.50. The van der Waals surface area contributed by atoms with Gasteiger partial charge < -0.3 is 15.3 Å². The van der Waals surface area contributed by atoms with Gasteiger partial charge >= 0.3 is 0 Å². The van der Waals surface area contributed by atoms with Crippen LogP contribution in [0.15, 0.2) is 47.9 Å². The Morgan fingerprint density at radius 3 is 2.71 bits per heavy atom. The van der Waals surface area contributed by atoms with E-state index >= 15 is 0 Å². The van der Waals surface area contributed by atoms with E-state index in [1.54, 1.807) is 21.6 Å². The molecule has 1 aliphatic heterocycles. The van der Waals surface area contributed by atoms with Crippen molar-refractivity contribution in [2.45, 2.75) is 77.5 Å². The van der Waals surface area contributed by atoms with Crippen LogP contribution >= 0.6 is 0 Å². The average Bonchev–Trinajstić information content (AvgIpc) is 3.44. The molecule has 3 aliphatic rings. The first-order valence-corrected chi connectivity index (χ1v) is 15.1. The van der Waals surface area contributed by atoms with Crippen LogP contribution in [-0.2, 0) is 31.5 Å². The molecule has 4 heterocycles. The molecule has 9 nitrogen and oxygen atoms in total. The lowest BCUT2D eigenvalue weighted by molar-refractivity contribution is 0.0306. The van der Waals surface area contributed by atoms with Gasteiger partial charge in [0.15, 0.2) is 11.5 Å². The van der Waals surface area contributed by atoms with E-state index in [2.05, 4.69) is 54.8 Å². The molecule has 9 heteroatoms. The second-order valence-corrected chi connectivity index (χ2v) is 13.1. The Kier molecular flexibility index (Phi) is 6.18. The van der Waals surface area contributed by atoms with Crippen molar-refractivity contribution in [3.63, 3.8) is 0 Å². The molecule has 0 amide bonds. The number of hydrogen-bond acceptors (Lipinski definition) is 7. The first-order valence-electron chi connectivity index (χ1n) is 15.1. The minimum atomic E-state index is -0.964. The summed E-state index contributed by atoms with van der Waals surface area (Å²) in [5, 5.41) is 15.1. The minimum absolute atomic E-state index is 0.209. The molecule has 0 saturated heterocycles. The van der Waals surface area contributed by atoms with Crippen LogP contribution in [-0.4, -0.2) is 47.9 Å². The van der Waals surface area contributed by atoms with Gasteiger partial charge in [-0.25, -0.2) is 19.3 Å². The Morgan fingerprint density at radius 1 is 1.14 bits per heavy atom. The maximum Gasteiger partial charge on any atom is 0.278 e. The molecule has 0 bridgehead atoms. The fraction of sp³-hybridized carbons (Fsp3) is 0.455. The highest BCUT2D eigenvalue weighted by Gasteiger charge is 2.40. The Balaban J connectivity index is 1.32. The van der Waals surface area contributed by atoms with Crippen molar-refractivity contribution in [3.8, 4) is 5.82 Å². The van der Waals surface area contributed by atoms with E-state index < -0.39 is 5.60 Å². The van der Waals surface area contributed by atoms with E-state index in [1.165, 1.54) is 16.7 Å². The lowest BCUT2D eigenvalue weighted by Crippen LogP contribution is -2.41. The highest BCUT2D eigenvalue weighted by molar-refractivity contribution is 5.77. The minimum Gasteiger partial charge on any atom is -0.384 e. The molecule has 2 aliphatic carbocycles. The van der Waals surface area contributed by atoms with Crippen molar-refractivity contribution in [2.75, 3.05) is 18.9 Å². The largest absolute Gasteiger partial charge is 0.384 e. The van der Waals surface area contributed by atoms with Crippen molar-refractivity contribution in [3.05, 3.63) is 81.4 Å². The smallest absolute Gasteiger partial charge is 0.278 e. The molecule has 4 aromatic rings. The molecule has 0 fully saturated rings. The Bertz CT molecular complexity index is 1800. The molecule has 218 valence electrons. The van der Waals surface area contributed by atoms with Crippen LogP contribution in [0.1, 0.15) is 73.9 Å². The van der Waals surface area contributed by atoms with Crippen molar-refractivity contribution in [2.24, 2.45) is 5.41 Å². The standard InChI is InChI=1S/C33H39N7O2/c1-6-14-39-30(41)24-17-34-31(37-29(24)40(39)26-9-8-20-11-13-33(42,7-2)28(20)36-26)35-23-15-21-10-12-32(3,4)25-19-38(5)18-22(16-23)27(21)25/h6,8-9,15-17,25,42H,1,7,10-14,18-19H2,2-5H3,(H,34,35,37). The van der Waals surface area contributed by atoms with Gasteiger partial charge in [-0.3, -0.25) is 4.79 Å². The number of likely N-dealkylation sites (N-methyl/N-ethyl adjacent to an activating group) is 1. The number of nitrogens with zero attached hydrogens (tertiary/aromatic N) is 6. The van der Waals surface area contributed by atoms with Crippen molar-refractivity contribution < 1.29 is 5.11 Å². The number of benzene rings is 1. The summed E-state index contributed by atoms with van der Waals surface area (Å²) in [5.41, 5.74) is 6.55. The lowest BCUT2D eigenvalue weighted by atomic mass is 9.63. The maximum atomic E-state index is 13.5. The second-order valence-electron chi connectivity index (χ2n) is 13.1. The summed E-state index contributed by atoms with van der Waals surface area (Å²) in [5.74, 6) is 1.49. The predicted molar refractivity (Wildman–Crippen MR) is 165 cm³/mol. The van der Waals surface area contributed by atoms with Crippen molar-refractivity contribution in [1.29, 1.82) is 0 Å². The number of aryl methyl sites for hydroxylation is 2. The van der Waals surface area contributed by atoms with E-state index in [4.69, 9.17) is 9.97 Å². The summed E-state index contributed by atoms with van der Waals surface area (Å²) in [6, 6.07) is 8.39. The number of aliphatic hydroxyl groups is 1. The van der Waals surface area contributed by atoms with Crippen LogP contribution in [0.5, 0.6) is 0 Å². The summed E-state index contributed by atoms with van der Waals surface area (Å²) >= 11 is 0. The van der Waals surface area contributed by atoms with E-state index in [9.17, 15) is 9.90 Å². The third-order valence-corrected chi connectivity index (χ3v) is 9.86. The van der Waals surface area contributed by atoms with Crippen LogP contribution in [0.3, 0.4) is 0 Å². The molecule has 7 rings (SSSR count).